The highest BCUT2D eigenvalue weighted by molar-refractivity contribution is 5.92. The van der Waals surface area contributed by atoms with Crippen molar-refractivity contribution in [2.45, 2.75) is 33.6 Å². The van der Waals surface area contributed by atoms with Gasteiger partial charge in [0, 0.05) is 38.1 Å². The van der Waals surface area contributed by atoms with Gasteiger partial charge >= 0.3 is 0 Å². The van der Waals surface area contributed by atoms with E-state index in [1.165, 1.54) is 28.3 Å². The van der Waals surface area contributed by atoms with Crippen molar-refractivity contribution in [3.8, 4) is 17.2 Å². The number of amides is 2. The maximum atomic E-state index is 12.1. The number of carbonyl (C=O) groups excluding carboxylic acids is 2. The molecule has 0 unspecified atom stereocenters. The first-order chi connectivity index (χ1) is 12.4. The number of anilines is 1. The van der Waals surface area contributed by atoms with Crippen LogP contribution < -0.4 is 24.4 Å². The Hall–Kier alpha value is -2.44. The van der Waals surface area contributed by atoms with Crippen LogP contribution in [0.5, 0.6) is 17.2 Å². The molecule has 0 heterocycles. The Morgan fingerprint density at radius 1 is 1.04 bits per heavy atom. The highest BCUT2D eigenvalue weighted by atomic mass is 16.5. The van der Waals surface area contributed by atoms with Crippen molar-refractivity contribution in [1.29, 1.82) is 0 Å². The lowest BCUT2D eigenvalue weighted by molar-refractivity contribution is -0.125. The van der Waals surface area contributed by atoms with E-state index in [9.17, 15) is 9.59 Å². The molecule has 1 N–H and O–H groups in total. The third-order valence-electron chi connectivity index (χ3n) is 4.33. The average Bonchev–Trinajstić information content (AvgIpc) is 2.64. The Balaban J connectivity index is 2.97. The molecule has 1 rings (SSSR count). The lowest BCUT2D eigenvalue weighted by Gasteiger charge is -2.24. The van der Waals surface area contributed by atoms with Gasteiger partial charge in [0.25, 0.3) is 0 Å². The summed E-state index contributed by atoms with van der Waals surface area (Å²) in [5.41, 5.74) is 0.615. The van der Waals surface area contributed by atoms with Gasteiger partial charge in [0.15, 0.2) is 11.5 Å². The van der Waals surface area contributed by atoms with Crippen LogP contribution in [0.1, 0.15) is 33.6 Å². The lowest BCUT2D eigenvalue weighted by atomic mass is 10.0. The van der Waals surface area contributed by atoms with E-state index in [-0.39, 0.29) is 17.7 Å². The number of hydrogen-bond donors (Lipinski definition) is 1. The van der Waals surface area contributed by atoms with Crippen LogP contribution in [0, 0.1) is 5.92 Å². The molecule has 0 saturated heterocycles. The summed E-state index contributed by atoms with van der Waals surface area (Å²) in [7, 11) is 4.57. The fraction of sp³-hybridized carbons (Fsp3) is 0.579. The zero-order valence-electron chi connectivity index (χ0n) is 16.5. The highest BCUT2D eigenvalue weighted by Gasteiger charge is 2.20. The van der Waals surface area contributed by atoms with Crippen LogP contribution >= 0.6 is 0 Å². The van der Waals surface area contributed by atoms with Crippen LogP contribution in [-0.2, 0) is 9.59 Å². The molecule has 7 heteroatoms. The van der Waals surface area contributed by atoms with Crippen LogP contribution in [0.3, 0.4) is 0 Å². The van der Waals surface area contributed by atoms with Gasteiger partial charge in [0.05, 0.1) is 27.0 Å². The minimum atomic E-state index is -0.143. The van der Waals surface area contributed by atoms with Crippen molar-refractivity contribution < 1.29 is 23.8 Å². The van der Waals surface area contributed by atoms with Gasteiger partial charge in [-0.2, -0.15) is 0 Å². The van der Waals surface area contributed by atoms with E-state index in [1.54, 1.807) is 17.0 Å². The van der Waals surface area contributed by atoms with E-state index in [1.807, 2.05) is 13.8 Å². The Labute approximate surface area is 155 Å². The van der Waals surface area contributed by atoms with Crippen molar-refractivity contribution in [1.82, 2.24) is 5.32 Å². The molecule has 0 aromatic heterocycles. The fourth-order valence-electron chi connectivity index (χ4n) is 2.79. The number of hydrogen-bond acceptors (Lipinski definition) is 5. The first-order valence-corrected chi connectivity index (χ1v) is 8.79. The van der Waals surface area contributed by atoms with Gasteiger partial charge < -0.3 is 24.4 Å². The standard InChI is InChI=1S/C19H30N2O5/c1-7-14(8-2)19(23)20-9-10-21(13(3)22)15-11-16(24-4)18(26-6)17(12-15)25-5/h11-12,14H,7-10H2,1-6H3,(H,20,23). The second kappa shape index (κ2) is 10.5. The van der Waals surface area contributed by atoms with E-state index >= 15 is 0 Å². The molecule has 1 aromatic rings. The topological polar surface area (TPSA) is 77.1 Å². The van der Waals surface area contributed by atoms with E-state index < -0.39 is 0 Å². The molecule has 0 fully saturated rings. The monoisotopic (exact) mass is 366 g/mol. The third-order valence-corrected chi connectivity index (χ3v) is 4.33. The largest absolute Gasteiger partial charge is 0.493 e. The number of rotatable bonds is 10. The maximum Gasteiger partial charge on any atom is 0.223 e. The van der Waals surface area contributed by atoms with Gasteiger partial charge in [-0.25, -0.2) is 0 Å². The summed E-state index contributed by atoms with van der Waals surface area (Å²) in [6, 6.07) is 3.43. The third kappa shape index (κ3) is 5.28. The summed E-state index contributed by atoms with van der Waals surface area (Å²) >= 11 is 0. The lowest BCUT2D eigenvalue weighted by Crippen LogP contribution is -2.39. The van der Waals surface area contributed by atoms with Gasteiger partial charge in [-0.1, -0.05) is 13.8 Å². The second-order valence-electron chi connectivity index (χ2n) is 5.86. The molecule has 0 spiro atoms. The summed E-state index contributed by atoms with van der Waals surface area (Å²) in [6.45, 7) is 6.17. The van der Waals surface area contributed by atoms with Crippen molar-refractivity contribution in [2.24, 2.45) is 5.92 Å². The van der Waals surface area contributed by atoms with E-state index in [0.29, 0.717) is 36.0 Å². The predicted molar refractivity (Wildman–Crippen MR) is 101 cm³/mol. The molecule has 0 aliphatic heterocycles. The minimum Gasteiger partial charge on any atom is -0.493 e. The summed E-state index contributed by atoms with van der Waals surface area (Å²) in [5.74, 6) is 1.27. The van der Waals surface area contributed by atoms with Crippen molar-refractivity contribution in [2.75, 3.05) is 39.3 Å². The summed E-state index contributed by atoms with van der Waals surface area (Å²) in [4.78, 5) is 25.8. The van der Waals surface area contributed by atoms with Crippen LogP contribution in [0.4, 0.5) is 5.69 Å². The molecule has 2 amide bonds. The van der Waals surface area contributed by atoms with Crippen molar-refractivity contribution in [3.05, 3.63) is 12.1 Å². The number of carbonyl (C=O) groups is 2. The molecule has 0 aliphatic carbocycles. The van der Waals surface area contributed by atoms with Crippen LogP contribution in [0.2, 0.25) is 0 Å². The minimum absolute atomic E-state index is 0.00181. The quantitative estimate of drug-likeness (QED) is 0.689. The molecular formula is C19H30N2O5. The Morgan fingerprint density at radius 3 is 1.96 bits per heavy atom. The van der Waals surface area contributed by atoms with Crippen molar-refractivity contribution in [3.63, 3.8) is 0 Å². The normalized spacial score (nSPS) is 10.4. The molecule has 0 bridgehead atoms. The number of benzene rings is 1. The maximum absolute atomic E-state index is 12.1. The SMILES string of the molecule is CCC(CC)C(=O)NCCN(C(C)=O)c1cc(OC)c(OC)c(OC)c1. The van der Waals surface area contributed by atoms with Gasteiger partial charge in [-0.05, 0) is 12.8 Å². The molecule has 0 atom stereocenters. The predicted octanol–water partition coefficient (Wildman–Crippen LogP) is 2.62. The van der Waals surface area contributed by atoms with Crippen molar-refractivity contribution >= 4 is 17.5 Å². The van der Waals surface area contributed by atoms with Crippen LogP contribution in [0.15, 0.2) is 12.1 Å². The Bertz CT molecular complexity index is 589. The Kier molecular flexibility index (Phi) is 8.75. The first kappa shape index (κ1) is 21.6. The summed E-state index contributed by atoms with van der Waals surface area (Å²) in [5, 5.41) is 2.90. The second-order valence-corrected chi connectivity index (χ2v) is 5.86. The number of nitrogens with zero attached hydrogens (tertiary/aromatic N) is 1. The summed E-state index contributed by atoms with van der Waals surface area (Å²) < 4.78 is 16.0. The molecule has 0 radical (unpaired) electrons. The van der Waals surface area contributed by atoms with E-state index in [0.717, 1.165) is 12.8 Å². The first-order valence-electron chi connectivity index (χ1n) is 8.79. The van der Waals surface area contributed by atoms with Gasteiger partial charge in [-0.3, -0.25) is 9.59 Å². The number of ether oxygens (including phenoxy) is 3. The van der Waals surface area contributed by atoms with Gasteiger partial charge in [0.2, 0.25) is 17.6 Å². The van der Waals surface area contributed by atoms with Crippen LogP contribution in [-0.4, -0.2) is 46.2 Å². The van der Waals surface area contributed by atoms with E-state index in [2.05, 4.69) is 5.32 Å². The molecule has 0 saturated carbocycles. The molecule has 26 heavy (non-hydrogen) atoms. The zero-order valence-corrected chi connectivity index (χ0v) is 16.5. The summed E-state index contributed by atoms with van der Waals surface area (Å²) in [6.07, 6.45) is 1.59. The van der Waals surface area contributed by atoms with E-state index in [4.69, 9.17) is 14.2 Å². The van der Waals surface area contributed by atoms with Gasteiger partial charge in [0.1, 0.15) is 0 Å². The fourth-order valence-corrected chi connectivity index (χ4v) is 2.79. The zero-order chi connectivity index (χ0) is 19.7. The Morgan fingerprint density at radius 2 is 1.58 bits per heavy atom. The highest BCUT2D eigenvalue weighted by Crippen LogP contribution is 2.41. The molecule has 0 aliphatic rings. The smallest absolute Gasteiger partial charge is 0.223 e. The average molecular weight is 366 g/mol. The number of methoxy groups -OCH3 is 3. The molecule has 7 nitrogen and oxygen atoms in total. The van der Waals surface area contributed by atoms with Crippen LogP contribution in [0.25, 0.3) is 0 Å². The molecule has 146 valence electrons. The number of nitrogens with one attached hydrogen (secondary N) is 1. The molecular weight excluding hydrogens is 336 g/mol. The molecule has 1 aromatic carbocycles. The van der Waals surface area contributed by atoms with Gasteiger partial charge in [-0.15, -0.1) is 0 Å².